The molecule has 0 amide bonds. The predicted octanol–water partition coefficient (Wildman–Crippen LogP) is 3.60. The van der Waals surface area contributed by atoms with E-state index < -0.39 is 24.0 Å². The minimum absolute atomic E-state index is 0.201. The van der Waals surface area contributed by atoms with Crippen LogP contribution in [0.1, 0.15) is 38.4 Å². The van der Waals surface area contributed by atoms with E-state index in [0.29, 0.717) is 23.7 Å². The third-order valence-corrected chi connectivity index (χ3v) is 5.61. The molecule has 1 aliphatic carbocycles. The number of hydrogen-bond acceptors (Lipinski definition) is 5. The molecular formula is C20H27FO5. The molecule has 144 valence electrons. The molecular weight excluding hydrogens is 339 g/mol. The van der Waals surface area contributed by atoms with Gasteiger partial charge in [0.25, 0.3) is 0 Å². The molecule has 5 nitrogen and oxygen atoms in total. The number of hydrogen-bond donors (Lipinski definition) is 1. The minimum atomic E-state index is -1.45. The van der Waals surface area contributed by atoms with Crippen LogP contribution in [0.4, 0.5) is 4.39 Å². The van der Waals surface area contributed by atoms with Gasteiger partial charge in [-0.15, -0.1) is 0 Å². The molecule has 1 saturated heterocycles. The van der Waals surface area contributed by atoms with E-state index in [1.807, 2.05) is 13.0 Å². The van der Waals surface area contributed by atoms with Crippen molar-refractivity contribution >= 4 is 0 Å². The number of rotatable bonds is 4. The molecule has 5 atom stereocenters. The Morgan fingerprint density at radius 3 is 2.31 bits per heavy atom. The molecule has 0 radical (unpaired) electrons. The summed E-state index contributed by atoms with van der Waals surface area (Å²) in [5, 5.41) is 10.5. The molecule has 1 heterocycles. The molecule has 2 aliphatic rings. The lowest BCUT2D eigenvalue weighted by Crippen LogP contribution is -2.53. The normalized spacial score (nSPS) is 33.9. The van der Waals surface area contributed by atoms with Crippen LogP contribution in [0.2, 0.25) is 0 Å². The maximum atomic E-state index is 15.4. The average Bonchev–Trinajstić information content (AvgIpc) is 2.62. The van der Waals surface area contributed by atoms with E-state index in [4.69, 9.17) is 18.9 Å². The van der Waals surface area contributed by atoms with Gasteiger partial charge in [0, 0.05) is 12.3 Å². The van der Waals surface area contributed by atoms with Gasteiger partial charge in [0.1, 0.15) is 11.8 Å². The first kappa shape index (κ1) is 19.0. The van der Waals surface area contributed by atoms with Gasteiger partial charge in [-0.2, -0.15) is 0 Å². The van der Waals surface area contributed by atoms with Gasteiger partial charge in [0.05, 0.1) is 33.5 Å². The van der Waals surface area contributed by atoms with E-state index in [2.05, 4.69) is 0 Å². The van der Waals surface area contributed by atoms with E-state index in [1.54, 1.807) is 19.1 Å². The fourth-order valence-electron chi connectivity index (χ4n) is 4.04. The Morgan fingerprint density at radius 2 is 1.77 bits per heavy atom. The second kappa shape index (κ2) is 7.08. The average molecular weight is 366 g/mol. The first-order chi connectivity index (χ1) is 12.3. The Labute approximate surface area is 153 Å². The van der Waals surface area contributed by atoms with Gasteiger partial charge in [0.2, 0.25) is 5.75 Å². The van der Waals surface area contributed by atoms with Crippen LogP contribution in [0.5, 0.6) is 17.2 Å². The van der Waals surface area contributed by atoms with Gasteiger partial charge in [-0.1, -0.05) is 6.08 Å². The standard InChI is InChI=1S/C20H27FO5/c1-11-6-7-13-18(17(11)22)26-16(10-20(13,2)21)12-8-14(23-3)19(25-5)15(9-12)24-4/h6,8-9,13,16-18,22H,7,10H2,1-5H3/t13-,16?,17-,18-,20?/m1/s1. The topological polar surface area (TPSA) is 57.2 Å². The van der Waals surface area contributed by atoms with Crippen molar-refractivity contribution < 1.29 is 28.4 Å². The Morgan fingerprint density at radius 1 is 1.15 bits per heavy atom. The fraction of sp³-hybridized carbons (Fsp3) is 0.600. The number of methoxy groups -OCH3 is 3. The molecule has 2 unspecified atom stereocenters. The number of allylic oxidation sites excluding steroid dienone is 1. The Balaban J connectivity index is 1.99. The lowest BCUT2D eigenvalue weighted by molar-refractivity contribution is -0.183. The zero-order chi connectivity index (χ0) is 19.1. The van der Waals surface area contributed by atoms with Crippen LogP contribution < -0.4 is 14.2 Å². The van der Waals surface area contributed by atoms with Crippen LogP contribution in [-0.4, -0.2) is 44.3 Å². The van der Waals surface area contributed by atoms with Crippen molar-refractivity contribution in [1.82, 2.24) is 0 Å². The number of fused-ring (bicyclic) bond motifs is 1. The van der Waals surface area contributed by atoms with Crippen LogP contribution in [0, 0.1) is 5.92 Å². The van der Waals surface area contributed by atoms with Crippen molar-refractivity contribution in [2.75, 3.05) is 21.3 Å². The second-order valence-corrected chi connectivity index (χ2v) is 7.27. The van der Waals surface area contributed by atoms with Gasteiger partial charge in [-0.25, -0.2) is 4.39 Å². The van der Waals surface area contributed by atoms with Crippen molar-refractivity contribution in [1.29, 1.82) is 0 Å². The van der Waals surface area contributed by atoms with Crippen LogP contribution in [0.15, 0.2) is 23.8 Å². The first-order valence-electron chi connectivity index (χ1n) is 8.81. The highest BCUT2D eigenvalue weighted by Gasteiger charge is 2.51. The number of aliphatic hydroxyl groups excluding tert-OH is 1. The number of halogens is 1. The van der Waals surface area contributed by atoms with Crippen LogP contribution in [0.3, 0.4) is 0 Å². The van der Waals surface area contributed by atoms with E-state index in [1.165, 1.54) is 21.3 Å². The maximum Gasteiger partial charge on any atom is 0.203 e. The quantitative estimate of drug-likeness (QED) is 0.825. The summed E-state index contributed by atoms with van der Waals surface area (Å²) in [5.41, 5.74) is 0.112. The van der Waals surface area contributed by atoms with Gasteiger partial charge >= 0.3 is 0 Å². The molecule has 1 fully saturated rings. The second-order valence-electron chi connectivity index (χ2n) is 7.27. The molecule has 0 aromatic heterocycles. The highest BCUT2D eigenvalue weighted by Crippen LogP contribution is 2.50. The summed E-state index contributed by atoms with van der Waals surface area (Å²) in [5.74, 6) is 1.10. The van der Waals surface area contributed by atoms with Crippen molar-refractivity contribution in [3.63, 3.8) is 0 Å². The zero-order valence-electron chi connectivity index (χ0n) is 15.9. The maximum absolute atomic E-state index is 15.4. The Kier molecular flexibility index (Phi) is 5.17. The lowest BCUT2D eigenvalue weighted by Gasteiger charge is -2.48. The summed E-state index contributed by atoms with van der Waals surface area (Å²) in [7, 11) is 4.61. The SMILES string of the molecule is COc1cc(C2CC(C)(F)[C@@H]3CC=C(C)[C@@H](O)[C@@H]3O2)cc(OC)c1OC. The van der Waals surface area contributed by atoms with Gasteiger partial charge < -0.3 is 24.1 Å². The smallest absolute Gasteiger partial charge is 0.203 e. The van der Waals surface area contributed by atoms with Crippen molar-refractivity contribution in [3.05, 3.63) is 29.3 Å². The zero-order valence-corrected chi connectivity index (χ0v) is 15.9. The van der Waals surface area contributed by atoms with E-state index in [9.17, 15) is 5.11 Å². The summed E-state index contributed by atoms with van der Waals surface area (Å²) in [6.07, 6.45) is 0.795. The molecule has 3 rings (SSSR count). The summed E-state index contributed by atoms with van der Waals surface area (Å²) in [4.78, 5) is 0. The summed E-state index contributed by atoms with van der Waals surface area (Å²) in [6.45, 7) is 3.45. The van der Waals surface area contributed by atoms with Crippen LogP contribution >= 0.6 is 0 Å². The predicted molar refractivity (Wildman–Crippen MR) is 95.7 cm³/mol. The van der Waals surface area contributed by atoms with Crippen molar-refractivity contribution in [2.45, 2.75) is 50.7 Å². The summed E-state index contributed by atoms with van der Waals surface area (Å²) < 4.78 is 37.8. The first-order valence-corrected chi connectivity index (χ1v) is 8.81. The lowest BCUT2D eigenvalue weighted by atomic mass is 9.71. The third-order valence-electron chi connectivity index (χ3n) is 5.61. The molecule has 26 heavy (non-hydrogen) atoms. The summed E-state index contributed by atoms with van der Waals surface area (Å²) in [6, 6.07) is 3.56. The fourth-order valence-corrected chi connectivity index (χ4v) is 4.04. The van der Waals surface area contributed by atoms with Gasteiger partial charge in [0.15, 0.2) is 11.5 Å². The van der Waals surface area contributed by atoms with Crippen molar-refractivity contribution in [2.24, 2.45) is 5.92 Å². The molecule has 1 aliphatic heterocycles. The number of benzene rings is 1. The van der Waals surface area contributed by atoms with E-state index in [-0.39, 0.29) is 12.3 Å². The number of alkyl halides is 1. The summed E-state index contributed by atoms with van der Waals surface area (Å²) >= 11 is 0. The number of aliphatic hydroxyl groups is 1. The highest BCUT2D eigenvalue weighted by molar-refractivity contribution is 5.54. The molecule has 0 bridgehead atoms. The Hall–Kier alpha value is -1.79. The molecule has 1 aromatic rings. The minimum Gasteiger partial charge on any atom is -0.493 e. The molecule has 1 aromatic carbocycles. The monoisotopic (exact) mass is 366 g/mol. The van der Waals surface area contributed by atoms with Gasteiger partial charge in [-0.05, 0) is 43.5 Å². The highest BCUT2D eigenvalue weighted by atomic mass is 19.1. The number of ether oxygens (including phenoxy) is 4. The van der Waals surface area contributed by atoms with Gasteiger partial charge in [-0.3, -0.25) is 0 Å². The molecule has 1 N–H and O–H groups in total. The molecule has 0 saturated carbocycles. The van der Waals surface area contributed by atoms with E-state index in [0.717, 1.165) is 11.1 Å². The van der Waals surface area contributed by atoms with E-state index >= 15 is 4.39 Å². The van der Waals surface area contributed by atoms with Crippen LogP contribution in [0.25, 0.3) is 0 Å². The third kappa shape index (κ3) is 3.16. The van der Waals surface area contributed by atoms with Crippen LogP contribution in [-0.2, 0) is 4.74 Å². The largest absolute Gasteiger partial charge is 0.493 e. The molecule has 6 heteroatoms. The Bertz CT molecular complexity index is 674. The molecule has 0 spiro atoms. The van der Waals surface area contributed by atoms with Crippen molar-refractivity contribution in [3.8, 4) is 17.2 Å².